The number of hydrogen-bond acceptors (Lipinski definition) is 2. The van der Waals surface area contributed by atoms with E-state index in [0.29, 0.717) is 17.9 Å². The maximum absolute atomic E-state index is 13.7. The van der Waals surface area contributed by atoms with Crippen molar-refractivity contribution >= 4 is 5.91 Å². The van der Waals surface area contributed by atoms with Crippen molar-refractivity contribution in [3.05, 3.63) is 95.1 Å². The van der Waals surface area contributed by atoms with E-state index in [2.05, 4.69) is 91.5 Å². The summed E-state index contributed by atoms with van der Waals surface area (Å²) in [4.78, 5) is 18.5. The third-order valence-electron chi connectivity index (χ3n) is 10.6. The van der Waals surface area contributed by atoms with Crippen LogP contribution in [0.1, 0.15) is 72.5 Å². The molecule has 0 radical (unpaired) electrons. The number of fused-ring (bicyclic) bond motifs is 4. The number of carbonyl (C=O) groups is 1. The first kappa shape index (κ1) is 24.2. The van der Waals surface area contributed by atoms with Gasteiger partial charge in [0.1, 0.15) is 0 Å². The van der Waals surface area contributed by atoms with Crippen LogP contribution in [0.25, 0.3) is 11.1 Å². The predicted octanol–water partition coefficient (Wildman–Crippen LogP) is 6.92. The van der Waals surface area contributed by atoms with Crippen LogP contribution in [0.2, 0.25) is 0 Å². The van der Waals surface area contributed by atoms with E-state index in [1.165, 1.54) is 60.2 Å². The molecule has 2 bridgehead atoms. The third kappa shape index (κ3) is 4.11. The topological polar surface area (TPSA) is 23.6 Å². The van der Waals surface area contributed by atoms with Crippen molar-refractivity contribution in [3.8, 4) is 11.1 Å². The molecular weight excluding hydrogens is 464 g/mol. The van der Waals surface area contributed by atoms with Crippen molar-refractivity contribution in [2.75, 3.05) is 20.1 Å². The Balaban J connectivity index is 1.06. The summed E-state index contributed by atoms with van der Waals surface area (Å²) in [5.74, 6) is 2.17. The van der Waals surface area contributed by atoms with E-state index in [-0.39, 0.29) is 17.4 Å². The van der Waals surface area contributed by atoms with Crippen molar-refractivity contribution in [1.29, 1.82) is 0 Å². The number of piperidine rings is 1. The van der Waals surface area contributed by atoms with E-state index in [1.54, 1.807) is 0 Å². The van der Waals surface area contributed by atoms with Crippen LogP contribution in [0.5, 0.6) is 0 Å². The number of carbonyl (C=O) groups excluding carboxylic acids is 1. The Morgan fingerprint density at radius 2 is 1.74 bits per heavy atom. The van der Waals surface area contributed by atoms with Crippen LogP contribution >= 0.6 is 0 Å². The SMILES string of the molecule is C[C@H]1C2Cc3ccc(C(=O)N(C)[C@@H]4C[C@H]4c4ccc(-c5ccccc5)cc4)cc3C1(C)CCN2CC1CC1. The summed E-state index contributed by atoms with van der Waals surface area (Å²) in [7, 11) is 2.00. The Hall–Kier alpha value is -2.91. The molecular formula is C35H40N2O. The normalized spacial score (nSPS) is 30.0. The fourth-order valence-corrected chi connectivity index (χ4v) is 7.57. The van der Waals surface area contributed by atoms with Crippen LogP contribution in [0, 0.1) is 11.8 Å². The molecule has 3 fully saturated rings. The second-order valence-corrected chi connectivity index (χ2v) is 12.9. The summed E-state index contributed by atoms with van der Waals surface area (Å²) in [6, 6.07) is 27.0. The third-order valence-corrected chi connectivity index (χ3v) is 10.6. The van der Waals surface area contributed by atoms with Gasteiger partial charge < -0.3 is 4.90 Å². The van der Waals surface area contributed by atoms with Gasteiger partial charge in [0.15, 0.2) is 0 Å². The predicted molar refractivity (Wildman–Crippen MR) is 154 cm³/mol. The molecule has 3 aliphatic carbocycles. The molecule has 1 amide bonds. The lowest BCUT2D eigenvalue weighted by Gasteiger charge is -2.55. The molecule has 2 saturated carbocycles. The lowest BCUT2D eigenvalue weighted by Crippen LogP contribution is -2.58. The summed E-state index contributed by atoms with van der Waals surface area (Å²) in [5, 5.41) is 0. The summed E-state index contributed by atoms with van der Waals surface area (Å²) in [6.07, 6.45) is 6.22. The van der Waals surface area contributed by atoms with Crippen LogP contribution in [0.4, 0.5) is 0 Å². The summed E-state index contributed by atoms with van der Waals surface area (Å²) in [6.45, 7) is 7.42. The monoisotopic (exact) mass is 504 g/mol. The number of nitrogens with zero attached hydrogens (tertiary/aromatic N) is 2. The maximum atomic E-state index is 13.7. The number of benzene rings is 3. The Kier molecular flexibility index (Phi) is 5.78. The van der Waals surface area contributed by atoms with Gasteiger partial charge in [-0.2, -0.15) is 0 Å². The standard InChI is InChI=1S/C35H40N2O/c1-23-32-20-28-15-16-29(19-31(28)35(23,2)17-18-37(32)22-24-9-10-24)34(38)36(3)33-21-30(33)27-13-11-26(12-14-27)25-7-5-4-6-8-25/h4-8,11-16,19,23-24,30,32-33H,9-10,17-18,20-22H2,1-3H3/t23-,30-,32?,33+,35?/m0/s1. The number of likely N-dealkylation sites (N-methyl/N-ethyl adjacent to an activating group) is 1. The summed E-state index contributed by atoms with van der Waals surface area (Å²) in [5.41, 5.74) is 7.76. The van der Waals surface area contributed by atoms with E-state index >= 15 is 0 Å². The zero-order chi connectivity index (χ0) is 26.0. The summed E-state index contributed by atoms with van der Waals surface area (Å²) >= 11 is 0. The van der Waals surface area contributed by atoms with E-state index in [9.17, 15) is 4.79 Å². The molecule has 196 valence electrons. The average Bonchev–Trinajstić information content (AvgIpc) is 3.88. The second kappa shape index (κ2) is 9.09. The first-order valence-corrected chi connectivity index (χ1v) is 14.7. The molecule has 3 aromatic rings. The van der Waals surface area contributed by atoms with E-state index in [1.807, 2.05) is 11.9 Å². The lowest BCUT2D eigenvalue weighted by molar-refractivity contribution is 0.0283. The van der Waals surface area contributed by atoms with Crippen molar-refractivity contribution in [2.24, 2.45) is 11.8 Å². The highest BCUT2D eigenvalue weighted by molar-refractivity contribution is 5.95. The van der Waals surface area contributed by atoms with Gasteiger partial charge in [0.25, 0.3) is 5.91 Å². The van der Waals surface area contributed by atoms with Crippen molar-refractivity contribution in [1.82, 2.24) is 9.80 Å². The van der Waals surface area contributed by atoms with Gasteiger partial charge in [-0.15, -0.1) is 0 Å². The lowest BCUT2D eigenvalue weighted by atomic mass is 9.59. The first-order valence-electron chi connectivity index (χ1n) is 14.7. The molecule has 7 rings (SSSR count). The second-order valence-electron chi connectivity index (χ2n) is 12.9. The minimum Gasteiger partial charge on any atom is -0.338 e. The quantitative estimate of drug-likeness (QED) is 0.364. The van der Waals surface area contributed by atoms with Crippen LogP contribution in [-0.4, -0.2) is 47.9 Å². The van der Waals surface area contributed by atoms with Crippen LogP contribution in [0.3, 0.4) is 0 Å². The number of rotatable bonds is 6. The molecule has 3 heteroatoms. The Morgan fingerprint density at radius 1 is 1.00 bits per heavy atom. The number of likely N-dealkylation sites (tertiary alicyclic amines) is 1. The fraction of sp³-hybridized carbons (Fsp3) is 0.457. The number of hydrogen-bond donors (Lipinski definition) is 0. The molecule has 3 aromatic carbocycles. The number of amides is 1. The summed E-state index contributed by atoms with van der Waals surface area (Å²) < 4.78 is 0. The molecule has 2 unspecified atom stereocenters. The van der Waals surface area contributed by atoms with Gasteiger partial charge in [-0.3, -0.25) is 9.69 Å². The fourth-order valence-electron chi connectivity index (χ4n) is 7.57. The van der Waals surface area contributed by atoms with Gasteiger partial charge in [0.2, 0.25) is 0 Å². The molecule has 1 aliphatic heterocycles. The van der Waals surface area contributed by atoms with Crippen molar-refractivity contribution in [3.63, 3.8) is 0 Å². The van der Waals surface area contributed by atoms with Crippen LogP contribution < -0.4 is 0 Å². The smallest absolute Gasteiger partial charge is 0.253 e. The highest BCUT2D eigenvalue weighted by Crippen LogP contribution is 2.50. The molecule has 38 heavy (non-hydrogen) atoms. The van der Waals surface area contributed by atoms with Gasteiger partial charge in [-0.1, -0.05) is 74.5 Å². The molecule has 1 saturated heterocycles. The molecule has 5 atom stereocenters. The minimum atomic E-state index is 0.162. The van der Waals surface area contributed by atoms with Crippen molar-refractivity contribution < 1.29 is 4.79 Å². The van der Waals surface area contributed by atoms with Gasteiger partial charge in [-0.05, 0) is 95.8 Å². The molecule has 0 aromatic heterocycles. The van der Waals surface area contributed by atoms with Gasteiger partial charge in [0.05, 0.1) is 0 Å². The Bertz CT molecular complexity index is 1340. The molecule has 3 nitrogen and oxygen atoms in total. The highest BCUT2D eigenvalue weighted by atomic mass is 16.2. The van der Waals surface area contributed by atoms with E-state index in [0.717, 1.165) is 24.3 Å². The minimum absolute atomic E-state index is 0.162. The van der Waals surface area contributed by atoms with Gasteiger partial charge in [-0.25, -0.2) is 0 Å². The van der Waals surface area contributed by atoms with E-state index < -0.39 is 0 Å². The maximum Gasteiger partial charge on any atom is 0.253 e. The molecule has 0 N–H and O–H groups in total. The first-order chi connectivity index (χ1) is 18.4. The van der Waals surface area contributed by atoms with Gasteiger partial charge in [0, 0.05) is 37.2 Å². The zero-order valence-corrected chi connectivity index (χ0v) is 23.1. The Morgan fingerprint density at radius 3 is 2.47 bits per heavy atom. The largest absolute Gasteiger partial charge is 0.338 e. The highest BCUT2D eigenvalue weighted by Gasteiger charge is 2.49. The Labute approximate surface area is 227 Å². The van der Waals surface area contributed by atoms with Crippen LogP contribution in [0.15, 0.2) is 72.8 Å². The van der Waals surface area contributed by atoms with Crippen molar-refractivity contribution in [2.45, 2.75) is 69.4 Å². The van der Waals surface area contributed by atoms with Crippen LogP contribution in [-0.2, 0) is 11.8 Å². The molecule has 4 aliphatic rings. The molecule has 0 spiro atoms. The average molecular weight is 505 g/mol. The molecule has 1 heterocycles. The van der Waals surface area contributed by atoms with Gasteiger partial charge >= 0.3 is 0 Å². The zero-order valence-electron chi connectivity index (χ0n) is 23.1. The van der Waals surface area contributed by atoms with E-state index in [4.69, 9.17) is 0 Å².